The van der Waals surface area contributed by atoms with Gasteiger partial charge in [-0.3, -0.25) is 9.69 Å². The van der Waals surface area contributed by atoms with Gasteiger partial charge in [-0.2, -0.15) is 0 Å². The van der Waals surface area contributed by atoms with Gasteiger partial charge in [-0.25, -0.2) is 0 Å². The van der Waals surface area contributed by atoms with E-state index in [0.717, 1.165) is 19.4 Å². The lowest BCUT2D eigenvalue weighted by molar-refractivity contribution is 0.130. The van der Waals surface area contributed by atoms with Crippen molar-refractivity contribution in [3.05, 3.63) is 28.3 Å². The molecule has 0 bridgehead atoms. The van der Waals surface area contributed by atoms with E-state index in [1.165, 1.54) is 6.07 Å². The second-order valence-corrected chi connectivity index (χ2v) is 3.55. The zero-order valence-corrected chi connectivity index (χ0v) is 7.64. The molecule has 0 radical (unpaired) electrons. The van der Waals surface area contributed by atoms with Crippen LogP contribution in [0.3, 0.4) is 0 Å². The van der Waals surface area contributed by atoms with Crippen LogP contribution in [0.1, 0.15) is 5.76 Å². The molecule has 5 heteroatoms. The van der Waals surface area contributed by atoms with E-state index in [2.05, 4.69) is 4.90 Å². The monoisotopic (exact) mass is 196 g/mol. The first-order valence-electron chi connectivity index (χ1n) is 4.44. The Bertz CT molecular complexity index is 382. The fourth-order valence-electron chi connectivity index (χ4n) is 1.49. The van der Waals surface area contributed by atoms with Gasteiger partial charge in [0.05, 0.1) is 6.54 Å². The largest absolute Gasteiger partial charge is 0.502 e. The third kappa shape index (κ3) is 1.78. The van der Waals surface area contributed by atoms with Gasteiger partial charge in [-0.05, 0) is 0 Å². The molecule has 14 heavy (non-hydrogen) atoms. The van der Waals surface area contributed by atoms with Crippen LogP contribution in [0.25, 0.3) is 0 Å². The maximum Gasteiger partial charge on any atom is 0.226 e. The van der Waals surface area contributed by atoms with Gasteiger partial charge in [0.1, 0.15) is 12.0 Å². The van der Waals surface area contributed by atoms with E-state index in [1.807, 2.05) is 0 Å². The van der Waals surface area contributed by atoms with Crippen molar-refractivity contribution in [3.63, 3.8) is 0 Å². The molecule has 0 spiro atoms. The van der Waals surface area contributed by atoms with Crippen LogP contribution in [-0.4, -0.2) is 29.1 Å². The number of likely N-dealkylation sites (tertiary alicyclic amines) is 1. The van der Waals surface area contributed by atoms with E-state index >= 15 is 0 Å². The number of aromatic hydroxyl groups is 1. The number of hydrogen-bond acceptors (Lipinski definition) is 5. The Morgan fingerprint density at radius 2 is 2.36 bits per heavy atom. The molecular formula is C9H12N2O3. The van der Waals surface area contributed by atoms with Crippen molar-refractivity contribution in [1.29, 1.82) is 0 Å². The fourth-order valence-corrected chi connectivity index (χ4v) is 1.49. The van der Waals surface area contributed by atoms with E-state index in [9.17, 15) is 4.79 Å². The molecule has 0 amide bonds. The Hall–Kier alpha value is -1.33. The van der Waals surface area contributed by atoms with Crippen LogP contribution in [0.2, 0.25) is 0 Å². The first kappa shape index (κ1) is 9.23. The summed E-state index contributed by atoms with van der Waals surface area (Å²) in [7, 11) is 0. The molecule has 1 aliphatic heterocycles. The molecule has 2 heterocycles. The average Bonchev–Trinajstić information content (AvgIpc) is 2.09. The normalized spacial score (nSPS) is 18.1. The molecule has 2 rings (SSSR count). The van der Waals surface area contributed by atoms with E-state index in [4.69, 9.17) is 15.3 Å². The second kappa shape index (κ2) is 3.43. The predicted molar refractivity (Wildman–Crippen MR) is 49.9 cm³/mol. The molecule has 1 aliphatic rings. The highest BCUT2D eigenvalue weighted by atomic mass is 16.4. The summed E-state index contributed by atoms with van der Waals surface area (Å²) in [6.07, 6.45) is 1.07. The smallest absolute Gasteiger partial charge is 0.226 e. The van der Waals surface area contributed by atoms with Crippen molar-refractivity contribution in [1.82, 2.24) is 4.90 Å². The molecule has 76 valence electrons. The first-order chi connectivity index (χ1) is 6.65. The Labute approximate surface area is 80.7 Å². The van der Waals surface area contributed by atoms with Gasteiger partial charge in [0, 0.05) is 25.2 Å². The van der Waals surface area contributed by atoms with Gasteiger partial charge >= 0.3 is 0 Å². The van der Waals surface area contributed by atoms with Crippen molar-refractivity contribution >= 4 is 0 Å². The van der Waals surface area contributed by atoms with Crippen LogP contribution < -0.4 is 11.2 Å². The topological polar surface area (TPSA) is 79.7 Å². The zero-order chi connectivity index (χ0) is 10.1. The minimum absolute atomic E-state index is 0.235. The molecule has 0 aromatic carbocycles. The Morgan fingerprint density at radius 1 is 1.64 bits per heavy atom. The summed E-state index contributed by atoms with van der Waals surface area (Å²) < 4.78 is 5.05. The first-order valence-corrected chi connectivity index (χ1v) is 4.44. The second-order valence-electron chi connectivity index (χ2n) is 3.55. The van der Waals surface area contributed by atoms with Gasteiger partial charge in [-0.15, -0.1) is 0 Å². The zero-order valence-electron chi connectivity index (χ0n) is 7.64. The quantitative estimate of drug-likeness (QED) is 0.665. The maximum absolute atomic E-state index is 11.0. The Morgan fingerprint density at radius 3 is 2.93 bits per heavy atom. The highest BCUT2D eigenvalue weighted by molar-refractivity contribution is 5.15. The highest BCUT2D eigenvalue weighted by Crippen LogP contribution is 2.11. The maximum atomic E-state index is 11.0. The van der Waals surface area contributed by atoms with E-state index in [0.29, 0.717) is 12.3 Å². The van der Waals surface area contributed by atoms with Gasteiger partial charge in [-0.1, -0.05) is 0 Å². The van der Waals surface area contributed by atoms with Crippen LogP contribution in [0.15, 0.2) is 21.5 Å². The molecule has 0 aliphatic carbocycles. The van der Waals surface area contributed by atoms with Crippen molar-refractivity contribution in [3.8, 4) is 5.75 Å². The third-order valence-electron chi connectivity index (χ3n) is 2.23. The highest BCUT2D eigenvalue weighted by Gasteiger charge is 2.23. The molecule has 1 saturated heterocycles. The summed E-state index contributed by atoms with van der Waals surface area (Å²) in [6, 6.07) is 1.54. The van der Waals surface area contributed by atoms with E-state index < -0.39 is 5.43 Å². The van der Waals surface area contributed by atoms with Gasteiger partial charge in [0.15, 0.2) is 5.75 Å². The van der Waals surface area contributed by atoms with E-state index in [1.54, 1.807) is 0 Å². The average molecular weight is 196 g/mol. The minimum Gasteiger partial charge on any atom is -0.502 e. The summed E-state index contributed by atoms with van der Waals surface area (Å²) in [5, 5.41) is 8.95. The molecule has 0 unspecified atom stereocenters. The molecule has 0 saturated carbocycles. The van der Waals surface area contributed by atoms with Crippen LogP contribution >= 0.6 is 0 Å². The molecule has 0 atom stereocenters. The summed E-state index contributed by atoms with van der Waals surface area (Å²) >= 11 is 0. The minimum atomic E-state index is -0.406. The number of rotatable bonds is 2. The molecule has 5 nitrogen and oxygen atoms in total. The van der Waals surface area contributed by atoms with Crippen LogP contribution in [-0.2, 0) is 6.54 Å². The van der Waals surface area contributed by atoms with Crippen molar-refractivity contribution in [2.75, 3.05) is 13.1 Å². The molecule has 1 fully saturated rings. The van der Waals surface area contributed by atoms with Crippen LogP contribution in [0.5, 0.6) is 5.75 Å². The number of nitrogens with two attached hydrogens (primary N) is 1. The molecule has 1 aromatic heterocycles. The molecular weight excluding hydrogens is 184 g/mol. The van der Waals surface area contributed by atoms with Crippen LogP contribution in [0, 0.1) is 0 Å². The SMILES string of the molecule is NC1CN(Cc2cc(=O)c(O)co2)C1. The number of nitrogens with zero attached hydrogens (tertiary/aromatic N) is 1. The van der Waals surface area contributed by atoms with Crippen molar-refractivity contribution < 1.29 is 9.52 Å². The van der Waals surface area contributed by atoms with Gasteiger partial charge in [0.2, 0.25) is 5.43 Å². The van der Waals surface area contributed by atoms with Crippen LogP contribution in [0.4, 0.5) is 0 Å². The Balaban J connectivity index is 2.03. The Kier molecular flexibility index (Phi) is 2.26. The lowest BCUT2D eigenvalue weighted by Crippen LogP contribution is -2.54. The lowest BCUT2D eigenvalue weighted by atomic mass is 10.1. The summed E-state index contributed by atoms with van der Waals surface area (Å²) in [6.45, 7) is 2.22. The summed E-state index contributed by atoms with van der Waals surface area (Å²) in [5.74, 6) is 0.203. The molecule has 1 aromatic rings. The van der Waals surface area contributed by atoms with Crippen molar-refractivity contribution in [2.45, 2.75) is 12.6 Å². The van der Waals surface area contributed by atoms with Gasteiger partial charge in [0.25, 0.3) is 0 Å². The fraction of sp³-hybridized carbons (Fsp3) is 0.444. The number of hydrogen-bond donors (Lipinski definition) is 2. The third-order valence-corrected chi connectivity index (χ3v) is 2.23. The lowest BCUT2D eigenvalue weighted by Gasteiger charge is -2.36. The summed E-state index contributed by atoms with van der Waals surface area (Å²) in [4.78, 5) is 13.1. The van der Waals surface area contributed by atoms with Crippen molar-refractivity contribution in [2.24, 2.45) is 5.73 Å². The predicted octanol–water partition coefficient (Wildman–Crippen LogP) is -0.512. The van der Waals surface area contributed by atoms with Gasteiger partial charge < -0.3 is 15.3 Å². The molecule has 3 N–H and O–H groups in total. The standard InChI is InChI=1S/C9H12N2O3/c10-6-2-11(3-6)4-7-1-8(12)9(13)5-14-7/h1,5-6,13H,2-4,10H2. The van der Waals surface area contributed by atoms with E-state index in [-0.39, 0.29) is 11.8 Å². The summed E-state index contributed by atoms with van der Waals surface area (Å²) in [5.41, 5.74) is 5.20.